The van der Waals surface area contributed by atoms with Gasteiger partial charge in [-0.25, -0.2) is 4.39 Å². The van der Waals surface area contributed by atoms with Crippen molar-refractivity contribution >= 4 is 0 Å². The summed E-state index contributed by atoms with van der Waals surface area (Å²) in [6.07, 6.45) is 1.41. The molecule has 2 rings (SSSR count). The fourth-order valence-corrected chi connectivity index (χ4v) is 1.45. The molecule has 0 unspecified atom stereocenters. The van der Waals surface area contributed by atoms with Gasteiger partial charge in [-0.1, -0.05) is 24.3 Å². The number of aryl methyl sites for hydroxylation is 1. The first-order valence-electron chi connectivity index (χ1n) is 3.97. The van der Waals surface area contributed by atoms with E-state index in [1.165, 1.54) is 0 Å². The highest BCUT2D eigenvalue weighted by Crippen LogP contribution is 2.50. The lowest BCUT2D eigenvalue weighted by Crippen LogP contribution is -1.99. The van der Waals surface area contributed by atoms with Crippen LogP contribution in [0.15, 0.2) is 24.3 Å². The van der Waals surface area contributed by atoms with Gasteiger partial charge in [0.1, 0.15) is 5.67 Å². The summed E-state index contributed by atoms with van der Waals surface area (Å²) in [6, 6.07) is 7.71. The Hall–Kier alpha value is -0.850. The molecule has 1 saturated carbocycles. The van der Waals surface area contributed by atoms with Crippen LogP contribution in [0.5, 0.6) is 0 Å². The zero-order valence-corrected chi connectivity index (χ0v) is 6.60. The van der Waals surface area contributed by atoms with Crippen LogP contribution < -0.4 is 0 Å². The minimum atomic E-state index is -0.967. The highest BCUT2D eigenvalue weighted by Gasteiger charge is 2.45. The van der Waals surface area contributed by atoms with Crippen LogP contribution in [-0.2, 0) is 5.67 Å². The monoisotopic (exact) mass is 150 g/mol. The van der Waals surface area contributed by atoms with E-state index in [0.29, 0.717) is 12.8 Å². The van der Waals surface area contributed by atoms with Gasteiger partial charge in [-0.05, 0) is 30.9 Å². The van der Waals surface area contributed by atoms with Crippen molar-refractivity contribution in [3.8, 4) is 0 Å². The van der Waals surface area contributed by atoms with E-state index in [-0.39, 0.29) is 0 Å². The average Bonchev–Trinajstić information content (AvgIpc) is 2.70. The summed E-state index contributed by atoms with van der Waals surface area (Å²) < 4.78 is 13.5. The van der Waals surface area contributed by atoms with Crippen molar-refractivity contribution in [2.24, 2.45) is 0 Å². The summed E-state index contributed by atoms with van der Waals surface area (Å²) in [4.78, 5) is 0. The molecule has 0 saturated heterocycles. The molecule has 1 aliphatic rings. The van der Waals surface area contributed by atoms with E-state index in [0.717, 1.165) is 11.1 Å². The number of rotatable bonds is 1. The average molecular weight is 150 g/mol. The molecule has 0 radical (unpaired) electrons. The van der Waals surface area contributed by atoms with Crippen LogP contribution in [0.3, 0.4) is 0 Å². The number of hydrogen-bond acceptors (Lipinski definition) is 0. The van der Waals surface area contributed by atoms with E-state index in [2.05, 4.69) is 0 Å². The van der Waals surface area contributed by atoms with Gasteiger partial charge in [0.25, 0.3) is 0 Å². The van der Waals surface area contributed by atoms with Gasteiger partial charge in [0.15, 0.2) is 0 Å². The minimum absolute atomic E-state index is 0.706. The normalized spacial score (nSPS) is 19.8. The Bertz CT molecular complexity index is 274. The molecule has 0 atom stereocenters. The van der Waals surface area contributed by atoms with Crippen LogP contribution in [0, 0.1) is 6.92 Å². The number of halogens is 1. The quantitative estimate of drug-likeness (QED) is 0.577. The first-order chi connectivity index (χ1) is 5.22. The van der Waals surface area contributed by atoms with Crippen LogP contribution in [0.25, 0.3) is 0 Å². The van der Waals surface area contributed by atoms with Gasteiger partial charge in [0, 0.05) is 0 Å². The molecule has 1 aromatic carbocycles. The second-order valence-electron chi connectivity index (χ2n) is 3.28. The highest BCUT2D eigenvalue weighted by molar-refractivity contribution is 5.34. The Morgan fingerprint density at radius 1 is 1.27 bits per heavy atom. The molecule has 1 aromatic rings. The largest absolute Gasteiger partial charge is 0.239 e. The van der Waals surface area contributed by atoms with Crippen molar-refractivity contribution in [3.05, 3.63) is 35.4 Å². The number of alkyl halides is 1. The van der Waals surface area contributed by atoms with Crippen molar-refractivity contribution in [1.29, 1.82) is 0 Å². The molecule has 0 aromatic heterocycles. The minimum Gasteiger partial charge on any atom is -0.239 e. The summed E-state index contributed by atoms with van der Waals surface area (Å²) in [5.74, 6) is 0. The van der Waals surface area contributed by atoms with Crippen molar-refractivity contribution < 1.29 is 4.39 Å². The SMILES string of the molecule is Cc1ccccc1C1(F)CC1. The Kier molecular flexibility index (Phi) is 1.28. The fraction of sp³-hybridized carbons (Fsp3) is 0.400. The third-order valence-electron chi connectivity index (χ3n) is 2.32. The molecule has 1 heteroatoms. The Morgan fingerprint density at radius 2 is 1.91 bits per heavy atom. The summed E-state index contributed by atoms with van der Waals surface area (Å²) in [5.41, 5.74) is 0.998. The molecule has 11 heavy (non-hydrogen) atoms. The first-order valence-corrected chi connectivity index (χ1v) is 3.97. The topological polar surface area (TPSA) is 0 Å². The van der Waals surface area contributed by atoms with Crippen molar-refractivity contribution in [2.45, 2.75) is 25.4 Å². The molecule has 0 nitrogen and oxygen atoms in total. The summed E-state index contributed by atoms with van der Waals surface area (Å²) in [6.45, 7) is 1.97. The maximum Gasteiger partial charge on any atom is 0.136 e. The van der Waals surface area contributed by atoms with E-state index >= 15 is 0 Å². The standard InChI is InChI=1S/C10H11F/c1-8-4-2-3-5-9(8)10(11)6-7-10/h2-5H,6-7H2,1H3. The van der Waals surface area contributed by atoms with Gasteiger partial charge in [-0.2, -0.15) is 0 Å². The number of benzene rings is 1. The molecule has 0 spiro atoms. The Morgan fingerprint density at radius 3 is 2.45 bits per heavy atom. The third kappa shape index (κ3) is 1.05. The van der Waals surface area contributed by atoms with Gasteiger partial charge in [-0.15, -0.1) is 0 Å². The van der Waals surface area contributed by atoms with Gasteiger partial charge in [0.2, 0.25) is 0 Å². The second kappa shape index (κ2) is 2.07. The fourth-order valence-electron chi connectivity index (χ4n) is 1.45. The first kappa shape index (κ1) is 6.84. The molecule has 0 bridgehead atoms. The summed E-state index contributed by atoms with van der Waals surface area (Å²) in [5, 5.41) is 0. The summed E-state index contributed by atoms with van der Waals surface area (Å²) in [7, 11) is 0. The number of hydrogen-bond donors (Lipinski definition) is 0. The lowest BCUT2D eigenvalue weighted by Gasteiger charge is -2.07. The van der Waals surface area contributed by atoms with Crippen molar-refractivity contribution in [2.75, 3.05) is 0 Å². The van der Waals surface area contributed by atoms with Crippen LogP contribution in [0.2, 0.25) is 0 Å². The maximum atomic E-state index is 13.5. The molecule has 0 aliphatic heterocycles. The van der Waals surface area contributed by atoms with E-state index in [9.17, 15) is 4.39 Å². The second-order valence-corrected chi connectivity index (χ2v) is 3.28. The molecule has 1 aliphatic carbocycles. The molecule has 0 N–H and O–H groups in total. The molecule has 0 heterocycles. The Labute approximate surface area is 66.1 Å². The molecular weight excluding hydrogens is 139 g/mol. The van der Waals surface area contributed by atoms with Gasteiger partial charge in [-0.3, -0.25) is 0 Å². The molecule has 58 valence electrons. The van der Waals surface area contributed by atoms with E-state index < -0.39 is 5.67 Å². The Balaban J connectivity index is 2.45. The van der Waals surface area contributed by atoms with Crippen LogP contribution >= 0.6 is 0 Å². The zero-order chi connectivity index (χ0) is 7.90. The lowest BCUT2D eigenvalue weighted by molar-refractivity contribution is 0.316. The highest BCUT2D eigenvalue weighted by atomic mass is 19.1. The molecule has 1 fully saturated rings. The van der Waals surface area contributed by atoms with Crippen molar-refractivity contribution in [3.63, 3.8) is 0 Å². The van der Waals surface area contributed by atoms with E-state index in [4.69, 9.17) is 0 Å². The van der Waals surface area contributed by atoms with Crippen LogP contribution in [0.1, 0.15) is 24.0 Å². The maximum absolute atomic E-state index is 13.5. The van der Waals surface area contributed by atoms with Gasteiger partial charge >= 0.3 is 0 Å². The van der Waals surface area contributed by atoms with Gasteiger partial charge in [0.05, 0.1) is 0 Å². The summed E-state index contributed by atoms with van der Waals surface area (Å²) >= 11 is 0. The smallest absolute Gasteiger partial charge is 0.136 e. The van der Waals surface area contributed by atoms with Gasteiger partial charge < -0.3 is 0 Å². The lowest BCUT2D eigenvalue weighted by atomic mass is 10.0. The molecular formula is C10H11F. The predicted octanol–water partition coefficient (Wildman–Crippen LogP) is 2.95. The predicted molar refractivity (Wildman–Crippen MR) is 43.2 cm³/mol. The van der Waals surface area contributed by atoms with Crippen molar-refractivity contribution in [1.82, 2.24) is 0 Å². The molecule has 0 amide bonds. The van der Waals surface area contributed by atoms with E-state index in [1.807, 2.05) is 31.2 Å². The zero-order valence-electron chi connectivity index (χ0n) is 6.60. The van der Waals surface area contributed by atoms with Crippen LogP contribution in [0.4, 0.5) is 4.39 Å². The van der Waals surface area contributed by atoms with Crippen LogP contribution in [-0.4, -0.2) is 0 Å². The van der Waals surface area contributed by atoms with E-state index in [1.54, 1.807) is 0 Å². The third-order valence-corrected chi connectivity index (χ3v) is 2.32.